The number of aliphatic hydroxyl groups is 1. The highest BCUT2D eigenvalue weighted by atomic mass is 32.2. The highest BCUT2D eigenvalue weighted by Crippen LogP contribution is 2.38. The van der Waals surface area contributed by atoms with Gasteiger partial charge in [-0.25, -0.2) is 9.59 Å². The molecule has 3 N–H and O–H groups in total. The van der Waals surface area contributed by atoms with Gasteiger partial charge in [0.05, 0.1) is 6.10 Å². The lowest BCUT2D eigenvalue weighted by atomic mass is 9.88. The summed E-state index contributed by atoms with van der Waals surface area (Å²) in [6, 6.07) is -1.30. The maximum Gasteiger partial charge on any atom is 0.326 e. The zero-order valence-electron chi connectivity index (χ0n) is 12.4. The monoisotopic (exact) mass is 316 g/mol. The van der Waals surface area contributed by atoms with Gasteiger partial charge in [-0.05, 0) is 19.1 Å². The van der Waals surface area contributed by atoms with E-state index in [-0.39, 0.29) is 23.7 Å². The van der Waals surface area contributed by atoms with Crippen LogP contribution in [0.2, 0.25) is 0 Å². The zero-order chi connectivity index (χ0) is 15.5. The van der Waals surface area contributed by atoms with Crippen LogP contribution in [0, 0.1) is 0 Å². The second-order valence-corrected chi connectivity index (χ2v) is 7.28. The Morgan fingerprint density at radius 3 is 2.57 bits per heavy atom. The van der Waals surface area contributed by atoms with Crippen LogP contribution in [0.15, 0.2) is 0 Å². The number of amides is 2. The third-order valence-corrected chi connectivity index (χ3v) is 6.00. The highest BCUT2D eigenvalue weighted by Gasteiger charge is 2.40. The van der Waals surface area contributed by atoms with E-state index in [0.717, 1.165) is 12.8 Å². The van der Waals surface area contributed by atoms with Crippen molar-refractivity contribution in [2.45, 2.75) is 55.4 Å². The maximum absolute atomic E-state index is 12.2. The van der Waals surface area contributed by atoms with E-state index in [2.05, 4.69) is 11.6 Å². The van der Waals surface area contributed by atoms with Crippen molar-refractivity contribution in [1.82, 2.24) is 10.2 Å². The number of carboxylic acids is 1. The van der Waals surface area contributed by atoms with Gasteiger partial charge in [0.25, 0.3) is 0 Å². The Hall–Kier alpha value is -0.950. The third-order valence-electron chi connectivity index (χ3n) is 4.58. The van der Waals surface area contributed by atoms with Crippen molar-refractivity contribution >= 4 is 23.8 Å². The first-order valence-corrected chi connectivity index (χ1v) is 8.70. The second kappa shape index (κ2) is 6.87. The van der Waals surface area contributed by atoms with E-state index in [0.29, 0.717) is 6.54 Å². The Bertz CT molecular complexity index is 398. The summed E-state index contributed by atoms with van der Waals surface area (Å²) >= 11 is 1.79. The van der Waals surface area contributed by atoms with Gasteiger partial charge < -0.3 is 20.4 Å². The Balaban J connectivity index is 1.92. The summed E-state index contributed by atoms with van der Waals surface area (Å²) < 4.78 is 0.0744. The number of carbonyl (C=O) groups is 2. The molecule has 6 nitrogen and oxygen atoms in total. The van der Waals surface area contributed by atoms with Crippen LogP contribution in [-0.4, -0.2) is 63.4 Å². The van der Waals surface area contributed by atoms with Gasteiger partial charge in [-0.3, -0.25) is 0 Å². The lowest BCUT2D eigenvalue weighted by molar-refractivity contribution is -0.141. The number of likely N-dealkylation sites (tertiary alicyclic amines) is 1. The minimum Gasteiger partial charge on any atom is -0.480 e. The van der Waals surface area contributed by atoms with Crippen molar-refractivity contribution in [3.8, 4) is 0 Å². The summed E-state index contributed by atoms with van der Waals surface area (Å²) in [5.41, 5.74) is 0. The molecule has 2 aliphatic rings. The topological polar surface area (TPSA) is 89.9 Å². The first kappa shape index (κ1) is 16.4. The quantitative estimate of drug-likeness (QED) is 0.727. The lowest BCUT2D eigenvalue weighted by Gasteiger charge is -2.36. The molecule has 0 aromatic carbocycles. The number of carbonyl (C=O) groups excluding carboxylic acids is 1. The molecule has 1 heterocycles. The fourth-order valence-electron chi connectivity index (χ4n) is 3.26. The molecule has 1 saturated carbocycles. The molecule has 2 fully saturated rings. The largest absolute Gasteiger partial charge is 0.480 e. The maximum atomic E-state index is 12.2. The number of β-amino-alcohol motifs (C(OH)–C–C–N with tert-alkyl or cyclic N) is 1. The molecule has 21 heavy (non-hydrogen) atoms. The summed E-state index contributed by atoms with van der Waals surface area (Å²) in [4.78, 5) is 24.6. The number of thioether (sulfide) groups is 1. The molecule has 0 radical (unpaired) electrons. The van der Waals surface area contributed by atoms with Crippen molar-refractivity contribution in [1.29, 1.82) is 0 Å². The van der Waals surface area contributed by atoms with Crippen LogP contribution in [0.5, 0.6) is 0 Å². The number of nitrogens with one attached hydrogen (secondary N) is 1. The smallest absolute Gasteiger partial charge is 0.326 e. The number of nitrogens with zero attached hydrogens (tertiary/aromatic N) is 1. The normalized spacial score (nSPS) is 28.4. The summed E-state index contributed by atoms with van der Waals surface area (Å²) in [7, 11) is 0. The summed E-state index contributed by atoms with van der Waals surface area (Å²) in [5.74, 6) is -1.06. The Labute approximate surface area is 129 Å². The predicted octanol–water partition coefficient (Wildman–Crippen LogP) is 1.28. The minimum absolute atomic E-state index is 0.0744. The van der Waals surface area contributed by atoms with Crippen molar-refractivity contribution in [3.63, 3.8) is 0 Å². The molecule has 2 atom stereocenters. The minimum atomic E-state index is -1.06. The predicted molar refractivity (Wildman–Crippen MR) is 81.5 cm³/mol. The molecule has 0 aromatic heterocycles. The first-order valence-electron chi connectivity index (χ1n) is 7.48. The molecule has 1 saturated heterocycles. The standard InChI is InChI=1S/C14H24N2O4S/c1-21-14(5-3-2-4-6-14)9-15-13(20)16-8-10(17)7-11(16)12(18)19/h10-11,17H,2-9H2,1H3,(H,15,20)(H,18,19)/t10-,11-/m1/s1. The number of aliphatic carboxylic acids is 1. The zero-order valence-corrected chi connectivity index (χ0v) is 13.2. The van der Waals surface area contributed by atoms with Crippen LogP contribution in [-0.2, 0) is 4.79 Å². The molecule has 120 valence electrons. The molecule has 1 aliphatic heterocycles. The van der Waals surface area contributed by atoms with Crippen LogP contribution in [0.25, 0.3) is 0 Å². The van der Waals surface area contributed by atoms with E-state index in [4.69, 9.17) is 5.11 Å². The van der Waals surface area contributed by atoms with Crippen LogP contribution < -0.4 is 5.32 Å². The number of carboxylic acid groups (broad SMARTS) is 1. The van der Waals surface area contributed by atoms with E-state index >= 15 is 0 Å². The van der Waals surface area contributed by atoms with E-state index in [1.54, 1.807) is 11.8 Å². The van der Waals surface area contributed by atoms with Crippen molar-refractivity contribution in [2.24, 2.45) is 0 Å². The van der Waals surface area contributed by atoms with Crippen molar-refractivity contribution in [2.75, 3.05) is 19.3 Å². The van der Waals surface area contributed by atoms with Crippen LogP contribution >= 0.6 is 11.8 Å². The summed E-state index contributed by atoms with van der Waals surface area (Å²) in [6.07, 6.45) is 7.19. The molecule has 0 aromatic rings. The number of hydrogen-bond acceptors (Lipinski definition) is 4. The number of hydrogen-bond donors (Lipinski definition) is 3. The van der Waals surface area contributed by atoms with E-state index < -0.39 is 18.1 Å². The van der Waals surface area contributed by atoms with E-state index in [9.17, 15) is 14.7 Å². The second-order valence-electron chi connectivity index (χ2n) is 6.00. The Morgan fingerprint density at radius 2 is 2.00 bits per heavy atom. The fourth-order valence-corrected chi connectivity index (χ4v) is 4.17. The number of aliphatic hydroxyl groups excluding tert-OH is 1. The molecule has 2 amide bonds. The van der Waals surface area contributed by atoms with Gasteiger partial charge in [0.1, 0.15) is 6.04 Å². The van der Waals surface area contributed by atoms with Gasteiger partial charge >= 0.3 is 12.0 Å². The number of rotatable bonds is 4. The van der Waals surface area contributed by atoms with Gasteiger partial charge in [0, 0.05) is 24.3 Å². The summed E-state index contributed by atoms with van der Waals surface area (Å²) in [6.45, 7) is 0.654. The van der Waals surface area contributed by atoms with Crippen LogP contribution in [0.1, 0.15) is 38.5 Å². The van der Waals surface area contributed by atoms with E-state index in [1.165, 1.54) is 24.2 Å². The van der Waals surface area contributed by atoms with Crippen LogP contribution in [0.4, 0.5) is 4.79 Å². The number of urea groups is 1. The van der Waals surface area contributed by atoms with Gasteiger partial charge in [-0.1, -0.05) is 19.3 Å². The highest BCUT2D eigenvalue weighted by molar-refractivity contribution is 8.00. The van der Waals surface area contributed by atoms with Gasteiger partial charge in [0.15, 0.2) is 0 Å². The fraction of sp³-hybridized carbons (Fsp3) is 0.857. The van der Waals surface area contributed by atoms with Crippen molar-refractivity contribution < 1.29 is 19.8 Å². The third kappa shape index (κ3) is 3.83. The average Bonchev–Trinajstić information content (AvgIpc) is 2.88. The van der Waals surface area contributed by atoms with Gasteiger partial charge in [-0.2, -0.15) is 11.8 Å². The molecular formula is C14H24N2O4S. The first-order chi connectivity index (χ1) is 9.97. The Kier molecular flexibility index (Phi) is 5.37. The average molecular weight is 316 g/mol. The molecule has 1 aliphatic carbocycles. The summed E-state index contributed by atoms with van der Waals surface area (Å²) in [5, 5.41) is 21.6. The SMILES string of the molecule is CSC1(CNC(=O)N2C[C@H](O)C[C@@H]2C(=O)O)CCCCC1. The Morgan fingerprint density at radius 1 is 1.33 bits per heavy atom. The lowest BCUT2D eigenvalue weighted by Crippen LogP contribution is -2.50. The molecule has 7 heteroatoms. The van der Waals surface area contributed by atoms with Crippen LogP contribution in [0.3, 0.4) is 0 Å². The molecule has 0 spiro atoms. The van der Waals surface area contributed by atoms with E-state index in [1.807, 2.05) is 0 Å². The van der Waals surface area contributed by atoms with Crippen molar-refractivity contribution in [3.05, 3.63) is 0 Å². The van der Waals surface area contributed by atoms with Gasteiger partial charge in [0.2, 0.25) is 0 Å². The molecule has 2 rings (SSSR count). The van der Waals surface area contributed by atoms with Gasteiger partial charge in [-0.15, -0.1) is 0 Å². The molecule has 0 unspecified atom stereocenters. The molecular weight excluding hydrogens is 292 g/mol. The molecule has 0 bridgehead atoms.